The fraction of sp³-hybridized carbons (Fsp3) is 0.400. The molecule has 0 N–H and O–H groups in total. The van der Waals surface area contributed by atoms with Gasteiger partial charge < -0.3 is 4.57 Å². The van der Waals surface area contributed by atoms with E-state index >= 15 is 0 Å². The third-order valence-corrected chi connectivity index (χ3v) is 7.87. The smallest absolute Gasteiger partial charge is 0.259 e. The van der Waals surface area contributed by atoms with Crippen LogP contribution in [-0.2, 0) is 23.6 Å². The summed E-state index contributed by atoms with van der Waals surface area (Å²) in [5.41, 5.74) is 2.05. The van der Waals surface area contributed by atoms with Crippen molar-refractivity contribution in [3.63, 3.8) is 0 Å². The molecule has 0 radical (unpaired) electrons. The van der Waals surface area contributed by atoms with E-state index in [-0.39, 0.29) is 11.6 Å². The number of hydrogen-bond acceptors (Lipinski definition) is 6. The zero-order valence-electron chi connectivity index (χ0n) is 16.7. The minimum atomic E-state index is -3.16. The molecule has 4 rings (SSSR count). The predicted molar refractivity (Wildman–Crippen MR) is 117 cm³/mol. The first-order valence-electron chi connectivity index (χ1n) is 9.45. The lowest BCUT2D eigenvalue weighted by atomic mass is 10.1. The molecule has 0 saturated carbocycles. The number of thiophene rings is 1. The summed E-state index contributed by atoms with van der Waals surface area (Å²) in [5.74, 6) is 0. The maximum Gasteiger partial charge on any atom is 0.259 e. The Hall–Kier alpha value is -2.07. The molecule has 0 aromatic carbocycles. The molecule has 1 fully saturated rings. The van der Waals surface area contributed by atoms with E-state index in [1.165, 1.54) is 10.6 Å². The van der Waals surface area contributed by atoms with Gasteiger partial charge >= 0.3 is 0 Å². The average Bonchev–Trinajstić information content (AvgIpc) is 3.10. The van der Waals surface area contributed by atoms with Crippen molar-refractivity contribution >= 4 is 31.4 Å². The maximum atomic E-state index is 12.7. The molecule has 4 heterocycles. The van der Waals surface area contributed by atoms with E-state index in [9.17, 15) is 13.2 Å². The molecule has 1 saturated heterocycles. The standard InChI is InChI=1S/C20H24N4O3S2/c1-14-11-24(29(3,26)27)9-8-23(14)12-16-10-17-19(28-16)18(13-22(2)20(17)25)15-4-6-21-7-5-15/h4-7,10,13-14H,8-9,11-12H2,1-3H3/t14-/m0/s1. The summed E-state index contributed by atoms with van der Waals surface area (Å²) >= 11 is 1.64. The molecule has 1 aliphatic heterocycles. The summed E-state index contributed by atoms with van der Waals surface area (Å²) in [5, 5.41) is 0.726. The van der Waals surface area contributed by atoms with Crippen LogP contribution in [0.15, 0.2) is 41.6 Å². The third kappa shape index (κ3) is 4.00. The Morgan fingerprint density at radius 1 is 1.24 bits per heavy atom. The molecule has 1 atom stereocenters. The Labute approximate surface area is 174 Å². The van der Waals surface area contributed by atoms with Crippen LogP contribution in [-0.4, -0.2) is 59.1 Å². The van der Waals surface area contributed by atoms with Gasteiger partial charge in [-0.3, -0.25) is 14.7 Å². The van der Waals surface area contributed by atoms with Gasteiger partial charge in [-0.1, -0.05) is 0 Å². The minimum absolute atomic E-state index is 0.00440. The summed E-state index contributed by atoms with van der Waals surface area (Å²) < 4.78 is 27.8. The number of pyridine rings is 2. The second kappa shape index (κ2) is 7.64. The molecule has 7 nitrogen and oxygen atoms in total. The van der Waals surface area contributed by atoms with Crippen molar-refractivity contribution in [2.45, 2.75) is 19.5 Å². The SMILES string of the molecule is C[C@H]1CN(S(C)(=O)=O)CCN1Cc1cc2c(=O)n(C)cc(-c3ccncc3)c2s1. The molecule has 3 aromatic heterocycles. The normalized spacial score (nSPS) is 19.1. The van der Waals surface area contributed by atoms with Crippen molar-refractivity contribution in [3.05, 3.63) is 52.0 Å². The summed E-state index contributed by atoms with van der Waals surface area (Å²) in [7, 11) is -1.39. The molecule has 0 aliphatic carbocycles. The molecule has 3 aromatic rings. The Kier molecular flexibility index (Phi) is 5.32. The van der Waals surface area contributed by atoms with Crippen LogP contribution in [0, 0.1) is 0 Å². The first-order chi connectivity index (χ1) is 13.7. The van der Waals surface area contributed by atoms with Crippen LogP contribution in [0.25, 0.3) is 21.2 Å². The molecular weight excluding hydrogens is 408 g/mol. The lowest BCUT2D eigenvalue weighted by Gasteiger charge is -2.38. The molecule has 29 heavy (non-hydrogen) atoms. The van der Waals surface area contributed by atoms with E-state index in [1.54, 1.807) is 35.3 Å². The quantitative estimate of drug-likeness (QED) is 0.631. The monoisotopic (exact) mass is 432 g/mol. The molecule has 0 bridgehead atoms. The molecule has 9 heteroatoms. The first kappa shape index (κ1) is 20.2. The van der Waals surface area contributed by atoms with Crippen molar-refractivity contribution in [1.29, 1.82) is 0 Å². The molecule has 0 unspecified atom stereocenters. The lowest BCUT2D eigenvalue weighted by molar-refractivity contribution is 0.123. The number of hydrogen-bond donors (Lipinski definition) is 0. The van der Waals surface area contributed by atoms with Crippen molar-refractivity contribution in [1.82, 2.24) is 18.8 Å². The Balaban J connectivity index is 1.66. The highest BCUT2D eigenvalue weighted by molar-refractivity contribution is 7.88. The number of aryl methyl sites for hydroxylation is 1. The van der Waals surface area contributed by atoms with Crippen molar-refractivity contribution in [3.8, 4) is 11.1 Å². The lowest BCUT2D eigenvalue weighted by Crippen LogP contribution is -2.52. The predicted octanol–water partition coefficient (Wildman–Crippen LogP) is 2.13. The highest BCUT2D eigenvalue weighted by Gasteiger charge is 2.29. The number of fused-ring (bicyclic) bond motifs is 1. The van der Waals surface area contributed by atoms with Crippen molar-refractivity contribution < 1.29 is 8.42 Å². The zero-order valence-corrected chi connectivity index (χ0v) is 18.3. The van der Waals surface area contributed by atoms with E-state index in [0.29, 0.717) is 26.2 Å². The summed E-state index contributed by atoms with van der Waals surface area (Å²) in [6, 6.07) is 6.00. The van der Waals surface area contributed by atoms with Gasteiger partial charge in [-0.25, -0.2) is 8.42 Å². The highest BCUT2D eigenvalue weighted by Crippen LogP contribution is 2.33. The number of aromatic nitrogens is 2. The number of piperazine rings is 1. The number of rotatable bonds is 4. The first-order valence-corrected chi connectivity index (χ1v) is 12.1. The van der Waals surface area contributed by atoms with Crippen molar-refractivity contribution in [2.75, 3.05) is 25.9 Å². The Bertz CT molecular complexity index is 1200. The van der Waals surface area contributed by atoms with E-state index in [4.69, 9.17) is 0 Å². The Morgan fingerprint density at radius 2 is 1.97 bits per heavy atom. The van der Waals surface area contributed by atoms with E-state index in [1.807, 2.05) is 31.3 Å². The van der Waals surface area contributed by atoms with Gasteiger partial charge in [0.05, 0.1) is 11.6 Å². The average molecular weight is 433 g/mol. The van der Waals surface area contributed by atoms with Gasteiger partial charge in [-0.15, -0.1) is 11.3 Å². The molecule has 154 valence electrons. The zero-order chi connectivity index (χ0) is 20.8. The summed E-state index contributed by atoms with van der Waals surface area (Å²) in [4.78, 5) is 20.2. The second-order valence-corrected chi connectivity index (χ2v) is 10.7. The van der Waals surface area contributed by atoms with Crippen LogP contribution in [0.2, 0.25) is 0 Å². The van der Waals surface area contributed by atoms with Crippen LogP contribution in [0.4, 0.5) is 0 Å². The van der Waals surface area contributed by atoms with Crippen LogP contribution in [0.3, 0.4) is 0 Å². The van der Waals surface area contributed by atoms with E-state index < -0.39 is 10.0 Å². The van der Waals surface area contributed by atoms with Gasteiger partial charge in [0.2, 0.25) is 10.0 Å². The summed E-state index contributed by atoms with van der Waals surface area (Å²) in [6.45, 7) is 4.42. The molecule has 1 aliphatic rings. The van der Waals surface area contributed by atoms with Gasteiger partial charge in [0, 0.05) is 73.0 Å². The van der Waals surface area contributed by atoms with Crippen LogP contribution in [0.5, 0.6) is 0 Å². The number of sulfonamides is 1. The fourth-order valence-corrected chi connectivity index (χ4v) is 5.92. The Morgan fingerprint density at radius 3 is 2.62 bits per heavy atom. The molecule has 0 amide bonds. The maximum absolute atomic E-state index is 12.7. The van der Waals surface area contributed by atoms with E-state index in [0.717, 1.165) is 26.1 Å². The van der Waals surface area contributed by atoms with Gasteiger partial charge in [0.1, 0.15) is 0 Å². The topological polar surface area (TPSA) is 75.5 Å². The van der Waals surface area contributed by atoms with Gasteiger partial charge in [-0.05, 0) is 30.7 Å². The molecular formula is C20H24N4O3S2. The van der Waals surface area contributed by atoms with Gasteiger partial charge in [0.15, 0.2) is 0 Å². The third-order valence-electron chi connectivity index (χ3n) is 5.45. The van der Waals surface area contributed by atoms with Crippen LogP contribution >= 0.6 is 11.3 Å². The largest absolute Gasteiger partial charge is 0.317 e. The number of nitrogens with zero attached hydrogens (tertiary/aromatic N) is 4. The van der Waals surface area contributed by atoms with Crippen molar-refractivity contribution in [2.24, 2.45) is 7.05 Å². The van der Waals surface area contributed by atoms with Gasteiger partial charge in [-0.2, -0.15) is 4.31 Å². The highest BCUT2D eigenvalue weighted by atomic mass is 32.2. The minimum Gasteiger partial charge on any atom is -0.317 e. The van der Waals surface area contributed by atoms with Gasteiger partial charge in [0.25, 0.3) is 5.56 Å². The van der Waals surface area contributed by atoms with E-state index in [2.05, 4.69) is 9.88 Å². The fourth-order valence-electron chi connectivity index (χ4n) is 3.82. The summed E-state index contributed by atoms with van der Waals surface area (Å²) in [6.07, 6.45) is 6.65. The van der Waals surface area contributed by atoms with Crippen LogP contribution < -0.4 is 5.56 Å². The second-order valence-electron chi connectivity index (χ2n) is 7.59. The molecule has 0 spiro atoms. The van der Waals surface area contributed by atoms with Crippen LogP contribution in [0.1, 0.15) is 11.8 Å².